The summed E-state index contributed by atoms with van der Waals surface area (Å²) < 4.78 is 1.41. The molecule has 0 radical (unpaired) electrons. The monoisotopic (exact) mass is 342 g/mol. The van der Waals surface area contributed by atoms with Crippen LogP contribution >= 0.6 is 0 Å². The third kappa shape index (κ3) is 3.55. The van der Waals surface area contributed by atoms with Crippen LogP contribution in [0.4, 0.5) is 5.69 Å². The second-order valence-electron chi connectivity index (χ2n) is 6.53. The lowest BCUT2D eigenvalue weighted by atomic mass is 9.96. The molecule has 1 N–H and O–H groups in total. The van der Waals surface area contributed by atoms with Crippen LogP contribution in [0, 0.1) is 17.0 Å². The summed E-state index contributed by atoms with van der Waals surface area (Å²) in [6.45, 7) is 3.73. The van der Waals surface area contributed by atoms with Gasteiger partial charge in [0.1, 0.15) is 0 Å². The number of H-pyrrole nitrogens is 1. The van der Waals surface area contributed by atoms with Crippen molar-refractivity contribution in [1.29, 1.82) is 0 Å². The van der Waals surface area contributed by atoms with Crippen LogP contribution in [0.3, 0.4) is 0 Å². The molecule has 0 unspecified atom stereocenters. The first-order valence-electron chi connectivity index (χ1n) is 8.58. The van der Waals surface area contributed by atoms with Gasteiger partial charge in [-0.05, 0) is 38.8 Å². The summed E-state index contributed by atoms with van der Waals surface area (Å²) in [5, 5.41) is 13.8. The second kappa shape index (κ2) is 7.04. The van der Waals surface area contributed by atoms with Crippen LogP contribution in [0.25, 0.3) is 5.69 Å². The Labute approximate surface area is 145 Å². The average molecular weight is 342 g/mol. The average Bonchev–Trinajstić information content (AvgIpc) is 2.90. The number of aryl methyl sites for hydroxylation is 1. The summed E-state index contributed by atoms with van der Waals surface area (Å²) in [5.41, 5.74) is 2.48. The Bertz CT molecular complexity index is 855. The lowest BCUT2D eigenvalue weighted by Gasteiger charge is -2.18. The molecule has 0 atom stereocenters. The Morgan fingerprint density at radius 2 is 1.88 bits per heavy atom. The van der Waals surface area contributed by atoms with E-state index in [9.17, 15) is 14.9 Å². The highest BCUT2D eigenvalue weighted by Gasteiger charge is 2.18. The largest absolute Gasteiger partial charge is 0.295 e. The van der Waals surface area contributed by atoms with Gasteiger partial charge in [0.15, 0.2) is 0 Å². The molecule has 0 spiro atoms. The number of nitrogens with zero attached hydrogens (tertiary/aromatic N) is 3. The van der Waals surface area contributed by atoms with Crippen LogP contribution in [-0.2, 0) is 0 Å². The normalized spacial score (nSPS) is 16.2. The van der Waals surface area contributed by atoms with Crippen molar-refractivity contribution in [2.45, 2.75) is 52.0 Å². The number of aromatic nitrogens is 2. The Morgan fingerprint density at radius 1 is 1.24 bits per heavy atom. The molecule has 1 aliphatic carbocycles. The Balaban J connectivity index is 1.94. The molecule has 1 aromatic heterocycles. The van der Waals surface area contributed by atoms with Crippen LogP contribution in [0.5, 0.6) is 0 Å². The molecule has 25 heavy (non-hydrogen) atoms. The van der Waals surface area contributed by atoms with E-state index in [4.69, 9.17) is 4.99 Å². The zero-order valence-electron chi connectivity index (χ0n) is 14.5. The fourth-order valence-electron chi connectivity index (χ4n) is 3.43. The van der Waals surface area contributed by atoms with E-state index in [1.807, 2.05) is 13.8 Å². The summed E-state index contributed by atoms with van der Waals surface area (Å²) in [6, 6.07) is 6.20. The molecule has 3 rings (SSSR count). The van der Waals surface area contributed by atoms with E-state index in [0.717, 1.165) is 24.2 Å². The van der Waals surface area contributed by atoms with Crippen molar-refractivity contribution >= 4 is 11.4 Å². The number of benzene rings is 1. The van der Waals surface area contributed by atoms with Gasteiger partial charge in [0.05, 0.1) is 22.2 Å². The molecule has 1 heterocycles. The predicted molar refractivity (Wildman–Crippen MR) is 96.9 cm³/mol. The molecule has 1 fully saturated rings. The van der Waals surface area contributed by atoms with Crippen molar-refractivity contribution < 1.29 is 4.92 Å². The topological polar surface area (TPSA) is 93.3 Å². The number of hydrogen-bond donors (Lipinski definition) is 1. The number of nitrogens with one attached hydrogen (secondary N) is 1. The Kier molecular flexibility index (Phi) is 4.83. The molecule has 1 saturated carbocycles. The molecule has 0 aliphatic heterocycles. The van der Waals surface area contributed by atoms with Crippen molar-refractivity contribution in [1.82, 2.24) is 9.78 Å². The van der Waals surface area contributed by atoms with E-state index >= 15 is 0 Å². The molecule has 0 bridgehead atoms. The first-order valence-corrected chi connectivity index (χ1v) is 8.58. The maximum absolute atomic E-state index is 12.8. The van der Waals surface area contributed by atoms with Gasteiger partial charge in [-0.1, -0.05) is 19.3 Å². The standard InChI is InChI=1S/C18H22N4O3/c1-12(19-14-6-4-3-5-7-14)17-13(2)20-21(18(17)23)15-8-10-16(11-9-15)22(24)25/h8-11,14,20H,3-7H2,1-2H3. The van der Waals surface area contributed by atoms with Crippen LogP contribution in [0.2, 0.25) is 0 Å². The lowest BCUT2D eigenvalue weighted by Crippen LogP contribution is -2.21. The molecular formula is C18H22N4O3. The van der Waals surface area contributed by atoms with Gasteiger partial charge in [-0.2, -0.15) is 0 Å². The number of aromatic amines is 1. The van der Waals surface area contributed by atoms with Crippen LogP contribution in [-0.4, -0.2) is 26.5 Å². The Hall–Kier alpha value is -2.70. The molecule has 0 amide bonds. The van der Waals surface area contributed by atoms with Crippen molar-refractivity contribution in [3.63, 3.8) is 0 Å². The van der Waals surface area contributed by atoms with E-state index in [2.05, 4.69) is 5.10 Å². The predicted octanol–water partition coefficient (Wildman–Crippen LogP) is 3.52. The molecular weight excluding hydrogens is 320 g/mol. The van der Waals surface area contributed by atoms with Gasteiger partial charge >= 0.3 is 0 Å². The molecule has 7 heteroatoms. The van der Waals surface area contributed by atoms with Crippen LogP contribution in [0.1, 0.15) is 50.3 Å². The molecule has 132 valence electrons. The van der Waals surface area contributed by atoms with Crippen molar-refractivity contribution in [3.8, 4) is 5.69 Å². The number of non-ortho nitro benzene ring substituents is 1. The fraction of sp³-hybridized carbons (Fsp3) is 0.444. The van der Waals surface area contributed by atoms with Crippen molar-refractivity contribution in [2.75, 3.05) is 0 Å². The number of nitro benzene ring substituents is 1. The van der Waals surface area contributed by atoms with Gasteiger partial charge in [-0.25, -0.2) is 4.68 Å². The minimum atomic E-state index is -0.459. The number of aliphatic imine (C=N–C) groups is 1. The van der Waals surface area contributed by atoms with Gasteiger partial charge in [-0.3, -0.25) is 25.0 Å². The third-order valence-electron chi connectivity index (χ3n) is 4.70. The third-order valence-corrected chi connectivity index (χ3v) is 4.70. The highest BCUT2D eigenvalue weighted by Crippen LogP contribution is 2.21. The van der Waals surface area contributed by atoms with Crippen molar-refractivity contribution in [3.05, 3.63) is 56.0 Å². The summed E-state index contributed by atoms with van der Waals surface area (Å²) in [6.07, 6.45) is 5.82. The fourth-order valence-corrected chi connectivity index (χ4v) is 3.43. The quantitative estimate of drug-likeness (QED) is 0.523. The second-order valence-corrected chi connectivity index (χ2v) is 6.53. The van der Waals surface area contributed by atoms with Gasteiger partial charge in [0.25, 0.3) is 11.2 Å². The molecule has 7 nitrogen and oxygen atoms in total. The SMILES string of the molecule is CC(=NC1CCCCC1)c1c(C)[nH]n(-c2ccc([N+](=O)[O-])cc2)c1=O. The smallest absolute Gasteiger partial charge is 0.280 e. The van der Waals surface area contributed by atoms with Gasteiger partial charge < -0.3 is 0 Å². The molecule has 0 saturated heterocycles. The highest BCUT2D eigenvalue weighted by atomic mass is 16.6. The Morgan fingerprint density at radius 3 is 2.48 bits per heavy atom. The van der Waals surface area contributed by atoms with E-state index in [1.54, 1.807) is 12.1 Å². The van der Waals surface area contributed by atoms with Crippen LogP contribution < -0.4 is 5.56 Å². The lowest BCUT2D eigenvalue weighted by molar-refractivity contribution is -0.384. The highest BCUT2D eigenvalue weighted by molar-refractivity contribution is 5.99. The van der Waals surface area contributed by atoms with Crippen molar-refractivity contribution in [2.24, 2.45) is 4.99 Å². The number of nitro groups is 1. The summed E-state index contributed by atoms with van der Waals surface area (Å²) in [4.78, 5) is 27.9. The molecule has 1 aromatic carbocycles. The van der Waals surface area contributed by atoms with Gasteiger partial charge in [0.2, 0.25) is 0 Å². The zero-order chi connectivity index (χ0) is 18.0. The summed E-state index contributed by atoms with van der Waals surface area (Å²) in [5.74, 6) is 0. The van der Waals surface area contributed by atoms with E-state index < -0.39 is 4.92 Å². The minimum Gasteiger partial charge on any atom is -0.295 e. The number of rotatable bonds is 4. The first kappa shape index (κ1) is 17.1. The van der Waals surface area contributed by atoms with E-state index in [0.29, 0.717) is 17.3 Å². The summed E-state index contributed by atoms with van der Waals surface area (Å²) in [7, 11) is 0. The molecule has 2 aromatic rings. The van der Waals surface area contributed by atoms with E-state index in [-0.39, 0.29) is 11.2 Å². The first-order chi connectivity index (χ1) is 12.0. The summed E-state index contributed by atoms with van der Waals surface area (Å²) >= 11 is 0. The maximum atomic E-state index is 12.8. The zero-order valence-corrected chi connectivity index (χ0v) is 14.5. The van der Waals surface area contributed by atoms with Gasteiger partial charge in [-0.15, -0.1) is 0 Å². The minimum absolute atomic E-state index is 0.00431. The maximum Gasteiger partial charge on any atom is 0.280 e. The van der Waals surface area contributed by atoms with Gasteiger partial charge in [0, 0.05) is 23.5 Å². The van der Waals surface area contributed by atoms with Crippen LogP contribution in [0.15, 0.2) is 34.1 Å². The number of hydrogen-bond acceptors (Lipinski definition) is 4. The molecule has 1 aliphatic rings. The van der Waals surface area contributed by atoms with E-state index in [1.165, 1.54) is 36.1 Å².